The van der Waals surface area contributed by atoms with Crippen molar-refractivity contribution < 1.29 is 9.52 Å². The molecule has 126 valence electrons. The molecule has 0 aliphatic rings. The lowest BCUT2D eigenvalue weighted by Gasteiger charge is -2.07. The number of benzene rings is 1. The average Bonchev–Trinajstić information content (AvgIpc) is 2.96. The lowest BCUT2D eigenvalue weighted by molar-refractivity contribution is 0.473. The van der Waals surface area contributed by atoms with Gasteiger partial charge in [-0.25, -0.2) is 14.8 Å². The number of thioether (sulfide) groups is 1. The molecule has 0 saturated carbocycles. The Morgan fingerprint density at radius 2 is 2.12 bits per heavy atom. The molecule has 0 saturated heterocycles. The highest BCUT2D eigenvalue weighted by Crippen LogP contribution is 2.33. The molecular formula is C16H11ClN4O3S. The zero-order valence-electron chi connectivity index (χ0n) is 12.9. The van der Waals surface area contributed by atoms with Crippen LogP contribution in [0.5, 0.6) is 5.75 Å². The number of halogens is 1. The van der Waals surface area contributed by atoms with Crippen LogP contribution in [0.4, 0.5) is 0 Å². The molecular weight excluding hydrogens is 364 g/mol. The van der Waals surface area contributed by atoms with E-state index in [4.69, 9.17) is 16.0 Å². The van der Waals surface area contributed by atoms with E-state index < -0.39 is 5.63 Å². The Hall–Kier alpha value is -2.58. The van der Waals surface area contributed by atoms with Crippen LogP contribution >= 0.6 is 23.4 Å². The largest absolute Gasteiger partial charge is 0.506 e. The normalized spacial score (nSPS) is 11.4. The highest BCUT2D eigenvalue weighted by atomic mass is 35.5. The van der Waals surface area contributed by atoms with Crippen molar-refractivity contribution in [3.05, 3.63) is 51.7 Å². The Morgan fingerprint density at radius 3 is 2.96 bits per heavy atom. The Labute approximate surface area is 150 Å². The number of phenolic OH excluding ortho intramolecular Hbond substituents is 1. The Balaban J connectivity index is 1.75. The van der Waals surface area contributed by atoms with E-state index in [0.717, 1.165) is 21.6 Å². The minimum absolute atomic E-state index is 0.130. The van der Waals surface area contributed by atoms with Crippen molar-refractivity contribution in [2.75, 3.05) is 0 Å². The fourth-order valence-corrected chi connectivity index (χ4v) is 3.67. The first-order valence-corrected chi connectivity index (χ1v) is 8.60. The molecule has 1 N–H and O–H groups in total. The monoisotopic (exact) mass is 374 g/mol. The summed E-state index contributed by atoms with van der Waals surface area (Å²) >= 11 is 7.45. The van der Waals surface area contributed by atoms with Crippen LogP contribution in [0.1, 0.15) is 5.56 Å². The third kappa shape index (κ3) is 2.83. The lowest BCUT2D eigenvalue weighted by Crippen LogP contribution is -2.00. The average molecular weight is 375 g/mol. The van der Waals surface area contributed by atoms with Gasteiger partial charge in [-0.15, -0.1) is 11.8 Å². The van der Waals surface area contributed by atoms with E-state index in [1.54, 1.807) is 16.9 Å². The molecule has 0 radical (unpaired) electrons. The number of phenols is 1. The summed E-state index contributed by atoms with van der Waals surface area (Å²) < 4.78 is 6.82. The fraction of sp³-hybridized carbons (Fsp3) is 0.125. The molecule has 0 aliphatic carbocycles. The first-order valence-electron chi connectivity index (χ1n) is 7.23. The predicted octanol–water partition coefficient (Wildman–Crippen LogP) is 3.12. The van der Waals surface area contributed by atoms with Crippen molar-refractivity contribution in [1.82, 2.24) is 19.7 Å². The van der Waals surface area contributed by atoms with Gasteiger partial charge in [-0.3, -0.25) is 4.68 Å². The molecule has 3 aromatic heterocycles. The Bertz CT molecular complexity index is 1170. The second kappa shape index (κ2) is 6.05. The number of fused-ring (bicyclic) bond motifs is 2. The third-order valence-corrected chi connectivity index (χ3v) is 5.11. The summed E-state index contributed by atoms with van der Waals surface area (Å²) in [6.07, 6.45) is 3.20. The Kier molecular flexibility index (Phi) is 3.85. The summed E-state index contributed by atoms with van der Waals surface area (Å²) in [5.41, 5.74) is 1.29. The lowest BCUT2D eigenvalue weighted by atomic mass is 10.1. The second-order valence-corrected chi connectivity index (χ2v) is 6.73. The van der Waals surface area contributed by atoms with Crippen LogP contribution in [-0.4, -0.2) is 24.9 Å². The topological polar surface area (TPSA) is 94.0 Å². The summed E-state index contributed by atoms with van der Waals surface area (Å²) in [5.74, 6) is 0.347. The molecule has 25 heavy (non-hydrogen) atoms. The zero-order chi connectivity index (χ0) is 17.6. The number of nitrogens with zero attached hydrogens (tertiary/aromatic N) is 4. The molecule has 0 amide bonds. The van der Waals surface area contributed by atoms with E-state index in [9.17, 15) is 9.90 Å². The Morgan fingerprint density at radius 1 is 1.28 bits per heavy atom. The summed E-state index contributed by atoms with van der Waals surface area (Å²) in [5, 5.41) is 16.4. The number of hydrogen-bond acceptors (Lipinski definition) is 7. The van der Waals surface area contributed by atoms with E-state index in [1.165, 1.54) is 30.2 Å². The van der Waals surface area contributed by atoms with Gasteiger partial charge in [-0.2, -0.15) is 5.10 Å². The molecule has 0 atom stereocenters. The molecule has 0 bridgehead atoms. The summed E-state index contributed by atoms with van der Waals surface area (Å²) in [6.45, 7) is 0. The highest BCUT2D eigenvalue weighted by Gasteiger charge is 2.13. The molecule has 4 rings (SSSR count). The second-order valence-electron chi connectivity index (χ2n) is 5.36. The molecule has 0 fully saturated rings. The molecule has 0 spiro atoms. The molecule has 4 aromatic rings. The maximum Gasteiger partial charge on any atom is 0.336 e. The van der Waals surface area contributed by atoms with Crippen LogP contribution in [0.25, 0.3) is 22.0 Å². The van der Waals surface area contributed by atoms with Crippen molar-refractivity contribution in [2.45, 2.75) is 10.8 Å². The van der Waals surface area contributed by atoms with E-state index >= 15 is 0 Å². The van der Waals surface area contributed by atoms with Crippen LogP contribution in [-0.2, 0) is 12.8 Å². The van der Waals surface area contributed by atoms with Crippen molar-refractivity contribution in [2.24, 2.45) is 7.05 Å². The smallest absolute Gasteiger partial charge is 0.336 e. The van der Waals surface area contributed by atoms with Gasteiger partial charge in [0.25, 0.3) is 0 Å². The van der Waals surface area contributed by atoms with Crippen molar-refractivity contribution in [3.63, 3.8) is 0 Å². The van der Waals surface area contributed by atoms with E-state index in [2.05, 4.69) is 15.1 Å². The van der Waals surface area contributed by atoms with Crippen molar-refractivity contribution in [1.29, 1.82) is 0 Å². The van der Waals surface area contributed by atoms with Gasteiger partial charge >= 0.3 is 5.63 Å². The maximum atomic E-state index is 11.8. The standard InChI is InChI=1S/C16H11ClN4O3S/c1-21-15-10(5-20-21)16(19-7-18-15)25-6-8-2-14(23)24-13-4-12(22)11(17)3-9(8)13/h2-5,7,22H,6H2,1H3. The molecule has 1 aromatic carbocycles. The quantitative estimate of drug-likeness (QED) is 0.334. The fourth-order valence-electron chi connectivity index (χ4n) is 2.56. The van der Waals surface area contributed by atoms with E-state index in [-0.39, 0.29) is 10.8 Å². The molecule has 0 aliphatic heterocycles. The van der Waals surface area contributed by atoms with Gasteiger partial charge in [0.2, 0.25) is 0 Å². The molecule has 0 unspecified atom stereocenters. The van der Waals surface area contributed by atoms with Gasteiger partial charge in [-0.05, 0) is 11.6 Å². The van der Waals surface area contributed by atoms with Gasteiger partial charge in [0, 0.05) is 30.3 Å². The van der Waals surface area contributed by atoms with Gasteiger partial charge < -0.3 is 9.52 Å². The number of rotatable bonds is 3. The van der Waals surface area contributed by atoms with Crippen LogP contribution in [0.3, 0.4) is 0 Å². The van der Waals surface area contributed by atoms with Crippen molar-refractivity contribution >= 4 is 45.4 Å². The minimum Gasteiger partial charge on any atom is -0.506 e. The number of hydrogen-bond donors (Lipinski definition) is 1. The highest BCUT2D eigenvalue weighted by molar-refractivity contribution is 7.98. The summed E-state index contributed by atoms with van der Waals surface area (Å²) in [7, 11) is 1.81. The van der Waals surface area contributed by atoms with Gasteiger partial charge in [0.05, 0.1) is 16.6 Å². The summed E-state index contributed by atoms with van der Waals surface area (Å²) in [6, 6.07) is 4.35. The predicted molar refractivity (Wildman–Crippen MR) is 95.0 cm³/mol. The van der Waals surface area contributed by atoms with Crippen LogP contribution in [0, 0.1) is 0 Å². The van der Waals surface area contributed by atoms with Gasteiger partial charge in [0.15, 0.2) is 5.65 Å². The van der Waals surface area contributed by atoms with Crippen LogP contribution in [0.15, 0.2) is 45.0 Å². The molecule has 9 heteroatoms. The third-order valence-electron chi connectivity index (χ3n) is 3.75. The number of aromatic hydroxyl groups is 1. The first-order chi connectivity index (χ1) is 12.0. The van der Waals surface area contributed by atoms with Gasteiger partial charge in [0.1, 0.15) is 22.7 Å². The summed E-state index contributed by atoms with van der Waals surface area (Å²) in [4.78, 5) is 20.3. The number of aromatic nitrogens is 4. The minimum atomic E-state index is -0.487. The SMILES string of the molecule is Cn1ncc2c(SCc3cc(=O)oc4cc(O)c(Cl)cc34)ncnc21. The van der Waals surface area contributed by atoms with Gasteiger partial charge in [-0.1, -0.05) is 11.6 Å². The zero-order valence-corrected chi connectivity index (χ0v) is 14.5. The van der Waals surface area contributed by atoms with Crippen LogP contribution < -0.4 is 5.63 Å². The maximum absolute atomic E-state index is 11.8. The molecule has 3 heterocycles. The van der Waals surface area contributed by atoms with E-state index in [1.807, 2.05) is 7.05 Å². The van der Waals surface area contributed by atoms with Crippen LogP contribution in [0.2, 0.25) is 5.02 Å². The van der Waals surface area contributed by atoms with Crippen molar-refractivity contribution in [3.8, 4) is 5.75 Å². The molecule has 7 nitrogen and oxygen atoms in total. The first kappa shape index (κ1) is 15.9. The number of aryl methyl sites for hydroxylation is 1. The van der Waals surface area contributed by atoms with E-state index in [0.29, 0.717) is 16.7 Å².